The molecule has 0 spiro atoms. The SMILES string of the molecule is N[C@H](Cc1cc(F)cc(F)c1)c1nc2cc[nH]c2cc1-c1ccc(S(N)(=O)=O)cc1. The molecule has 0 aliphatic rings. The first-order valence-corrected chi connectivity index (χ1v) is 10.6. The Bertz CT molecular complexity index is 1310. The second kappa shape index (κ2) is 7.60. The maximum atomic E-state index is 13.6. The summed E-state index contributed by atoms with van der Waals surface area (Å²) in [5.41, 5.74) is 10.1. The van der Waals surface area contributed by atoms with Gasteiger partial charge in [-0.25, -0.2) is 27.3 Å². The average Bonchev–Trinajstić information content (AvgIpc) is 3.13. The molecular weight excluding hydrogens is 410 g/mol. The molecule has 5 N–H and O–H groups in total. The van der Waals surface area contributed by atoms with E-state index in [4.69, 9.17) is 10.9 Å². The van der Waals surface area contributed by atoms with Crippen molar-refractivity contribution in [1.29, 1.82) is 0 Å². The molecule has 2 aromatic heterocycles. The van der Waals surface area contributed by atoms with Crippen LogP contribution in [0.5, 0.6) is 0 Å². The number of nitrogens with two attached hydrogens (primary N) is 2. The van der Waals surface area contributed by atoms with Crippen LogP contribution in [0.4, 0.5) is 8.78 Å². The van der Waals surface area contributed by atoms with Crippen LogP contribution in [0.1, 0.15) is 17.3 Å². The van der Waals surface area contributed by atoms with Gasteiger partial charge in [-0.05, 0) is 53.9 Å². The molecule has 2 aromatic carbocycles. The third kappa shape index (κ3) is 4.09. The smallest absolute Gasteiger partial charge is 0.238 e. The van der Waals surface area contributed by atoms with Crippen molar-refractivity contribution in [3.63, 3.8) is 0 Å². The molecule has 2 heterocycles. The third-order valence-corrected chi connectivity index (χ3v) is 5.71. The lowest BCUT2D eigenvalue weighted by Gasteiger charge is -2.17. The van der Waals surface area contributed by atoms with Crippen molar-refractivity contribution in [2.45, 2.75) is 17.4 Å². The number of nitrogens with zero attached hydrogens (tertiary/aromatic N) is 1. The number of halogens is 2. The summed E-state index contributed by atoms with van der Waals surface area (Å²) in [7, 11) is -3.82. The Morgan fingerprint density at radius 2 is 1.67 bits per heavy atom. The van der Waals surface area contributed by atoms with E-state index >= 15 is 0 Å². The molecule has 30 heavy (non-hydrogen) atoms. The maximum Gasteiger partial charge on any atom is 0.238 e. The van der Waals surface area contributed by atoms with E-state index in [9.17, 15) is 17.2 Å². The summed E-state index contributed by atoms with van der Waals surface area (Å²) in [5, 5.41) is 5.17. The molecule has 4 aromatic rings. The van der Waals surface area contributed by atoms with E-state index in [1.165, 1.54) is 24.3 Å². The van der Waals surface area contributed by atoms with Crippen LogP contribution < -0.4 is 10.9 Å². The zero-order valence-electron chi connectivity index (χ0n) is 15.6. The number of rotatable bonds is 5. The quantitative estimate of drug-likeness (QED) is 0.452. The van der Waals surface area contributed by atoms with Crippen molar-refractivity contribution in [2.24, 2.45) is 10.9 Å². The number of H-pyrrole nitrogens is 1. The van der Waals surface area contributed by atoms with Gasteiger partial charge in [0.2, 0.25) is 10.0 Å². The number of primary sulfonamides is 1. The fraction of sp³-hybridized carbons (Fsp3) is 0.0952. The first-order chi connectivity index (χ1) is 14.2. The number of hydrogen-bond donors (Lipinski definition) is 3. The van der Waals surface area contributed by atoms with Gasteiger partial charge in [0.25, 0.3) is 0 Å². The Morgan fingerprint density at radius 3 is 2.30 bits per heavy atom. The molecule has 154 valence electrons. The third-order valence-electron chi connectivity index (χ3n) is 4.78. The van der Waals surface area contributed by atoms with E-state index in [1.54, 1.807) is 24.4 Å². The second-order valence-electron chi connectivity index (χ2n) is 6.99. The van der Waals surface area contributed by atoms with Crippen LogP contribution in [-0.4, -0.2) is 18.4 Å². The molecule has 0 aliphatic carbocycles. The van der Waals surface area contributed by atoms with Crippen LogP contribution in [0, 0.1) is 11.6 Å². The molecule has 0 amide bonds. The van der Waals surface area contributed by atoms with E-state index in [0.717, 1.165) is 11.6 Å². The molecule has 9 heteroatoms. The Labute approximate surface area is 171 Å². The van der Waals surface area contributed by atoms with Crippen molar-refractivity contribution < 1.29 is 17.2 Å². The van der Waals surface area contributed by atoms with E-state index in [0.29, 0.717) is 27.9 Å². The lowest BCUT2D eigenvalue weighted by atomic mass is 9.95. The van der Waals surface area contributed by atoms with Gasteiger partial charge in [-0.15, -0.1) is 0 Å². The molecule has 0 unspecified atom stereocenters. The number of aromatic nitrogens is 2. The summed E-state index contributed by atoms with van der Waals surface area (Å²) < 4.78 is 50.2. The Kier molecular flexibility index (Phi) is 5.10. The summed E-state index contributed by atoms with van der Waals surface area (Å²) in [6, 6.07) is 12.3. The van der Waals surface area contributed by atoms with Crippen LogP contribution in [0.25, 0.3) is 22.2 Å². The molecule has 6 nitrogen and oxygen atoms in total. The largest absolute Gasteiger partial charge is 0.360 e. The van der Waals surface area contributed by atoms with Crippen molar-refractivity contribution in [3.8, 4) is 11.1 Å². The van der Waals surface area contributed by atoms with Crippen LogP contribution in [-0.2, 0) is 16.4 Å². The predicted molar refractivity (Wildman–Crippen MR) is 110 cm³/mol. The highest BCUT2D eigenvalue weighted by molar-refractivity contribution is 7.89. The predicted octanol–water partition coefficient (Wildman–Crippen LogP) is 3.40. The van der Waals surface area contributed by atoms with Gasteiger partial charge in [-0.3, -0.25) is 0 Å². The lowest BCUT2D eigenvalue weighted by molar-refractivity contribution is 0.576. The Balaban J connectivity index is 1.78. The Hall–Kier alpha value is -3.14. The molecule has 0 saturated heterocycles. The van der Waals surface area contributed by atoms with Crippen molar-refractivity contribution in [1.82, 2.24) is 9.97 Å². The van der Waals surface area contributed by atoms with E-state index < -0.39 is 27.7 Å². The number of pyridine rings is 1. The lowest BCUT2D eigenvalue weighted by Crippen LogP contribution is -2.17. The minimum Gasteiger partial charge on any atom is -0.360 e. The van der Waals surface area contributed by atoms with Gasteiger partial charge in [-0.1, -0.05) is 12.1 Å². The highest BCUT2D eigenvalue weighted by Crippen LogP contribution is 2.31. The van der Waals surface area contributed by atoms with Crippen LogP contribution in [0.15, 0.2) is 65.7 Å². The van der Waals surface area contributed by atoms with Crippen LogP contribution >= 0.6 is 0 Å². The number of benzene rings is 2. The second-order valence-corrected chi connectivity index (χ2v) is 8.55. The highest BCUT2D eigenvalue weighted by atomic mass is 32.2. The first kappa shape index (κ1) is 20.1. The Morgan fingerprint density at radius 1 is 1.00 bits per heavy atom. The molecule has 1 atom stereocenters. The van der Waals surface area contributed by atoms with Crippen LogP contribution in [0.3, 0.4) is 0 Å². The number of nitrogens with one attached hydrogen (secondary N) is 1. The number of sulfonamides is 1. The molecular formula is C21H18F2N4O2S. The summed E-state index contributed by atoms with van der Waals surface area (Å²) >= 11 is 0. The highest BCUT2D eigenvalue weighted by Gasteiger charge is 2.18. The summed E-state index contributed by atoms with van der Waals surface area (Å²) in [6.07, 6.45) is 1.91. The van der Waals surface area contributed by atoms with Gasteiger partial charge >= 0.3 is 0 Å². The van der Waals surface area contributed by atoms with Gasteiger partial charge in [-0.2, -0.15) is 0 Å². The summed E-state index contributed by atoms with van der Waals surface area (Å²) in [5.74, 6) is -1.35. The van der Waals surface area contributed by atoms with E-state index in [-0.39, 0.29) is 11.3 Å². The van der Waals surface area contributed by atoms with Gasteiger partial charge in [0.05, 0.1) is 27.7 Å². The fourth-order valence-electron chi connectivity index (χ4n) is 3.41. The fourth-order valence-corrected chi connectivity index (χ4v) is 3.93. The molecule has 0 bridgehead atoms. The number of aromatic amines is 1. The minimum atomic E-state index is -3.82. The molecule has 0 saturated carbocycles. The molecule has 0 aliphatic heterocycles. The average molecular weight is 428 g/mol. The van der Waals surface area contributed by atoms with E-state index in [2.05, 4.69) is 9.97 Å². The van der Waals surface area contributed by atoms with Gasteiger partial charge < -0.3 is 10.7 Å². The minimum absolute atomic E-state index is 0.0127. The summed E-state index contributed by atoms with van der Waals surface area (Å²) in [4.78, 5) is 7.70. The molecule has 4 rings (SSSR count). The summed E-state index contributed by atoms with van der Waals surface area (Å²) in [6.45, 7) is 0. The number of hydrogen-bond acceptors (Lipinski definition) is 4. The maximum absolute atomic E-state index is 13.6. The number of fused-ring (bicyclic) bond motifs is 1. The van der Waals surface area contributed by atoms with Crippen molar-refractivity contribution in [3.05, 3.63) is 83.7 Å². The van der Waals surface area contributed by atoms with Gasteiger partial charge in [0.1, 0.15) is 11.6 Å². The molecule has 0 fully saturated rings. The first-order valence-electron chi connectivity index (χ1n) is 9.02. The van der Waals surface area contributed by atoms with Crippen molar-refractivity contribution >= 4 is 21.1 Å². The van der Waals surface area contributed by atoms with Gasteiger partial charge in [0, 0.05) is 17.8 Å². The van der Waals surface area contributed by atoms with Crippen LogP contribution in [0.2, 0.25) is 0 Å². The zero-order chi connectivity index (χ0) is 21.5. The normalized spacial score (nSPS) is 12.9. The monoisotopic (exact) mass is 428 g/mol. The van der Waals surface area contributed by atoms with Crippen molar-refractivity contribution in [2.75, 3.05) is 0 Å². The zero-order valence-corrected chi connectivity index (χ0v) is 16.5. The molecule has 0 radical (unpaired) electrons. The van der Waals surface area contributed by atoms with E-state index in [1.807, 2.05) is 6.07 Å². The standard InChI is InChI=1S/C21H18F2N4O2S/c22-14-7-12(8-15(23)10-14)9-18(24)21-17(11-20-19(27-21)5-6-26-20)13-1-3-16(4-2-13)30(25,28)29/h1-8,10-11,18,26H,9,24H2,(H2,25,28,29)/t18-/m1/s1. The van der Waals surface area contributed by atoms with Gasteiger partial charge in [0.15, 0.2) is 0 Å². The topological polar surface area (TPSA) is 115 Å².